The third-order valence-electron chi connectivity index (χ3n) is 3.53. The van der Waals surface area contributed by atoms with Gasteiger partial charge in [-0.05, 0) is 44.2 Å². The minimum atomic E-state index is -3.39. The Bertz CT molecular complexity index is 519. The van der Waals surface area contributed by atoms with Gasteiger partial charge in [-0.3, -0.25) is 0 Å². The van der Waals surface area contributed by atoms with Crippen LogP contribution in [-0.2, 0) is 10.0 Å². The maximum Gasteiger partial charge on any atom is 0.240 e. The topological polar surface area (TPSA) is 81.4 Å². The van der Waals surface area contributed by atoms with E-state index in [-0.39, 0.29) is 10.4 Å². The van der Waals surface area contributed by atoms with Crippen LogP contribution in [0.3, 0.4) is 0 Å². The van der Waals surface area contributed by atoms with Crippen LogP contribution in [0.25, 0.3) is 0 Å². The molecule has 0 radical (unpaired) electrons. The van der Waals surface area contributed by atoms with Gasteiger partial charge in [0.15, 0.2) is 0 Å². The van der Waals surface area contributed by atoms with Crippen molar-refractivity contribution >= 4 is 10.0 Å². The minimum absolute atomic E-state index is 0.226. The molecule has 3 N–H and O–H groups in total. The zero-order valence-electron chi connectivity index (χ0n) is 11.1. The first kappa shape index (κ1) is 14.3. The lowest BCUT2D eigenvalue weighted by molar-refractivity contribution is 0.220. The molecule has 1 aromatic rings. The second-order valence-electron chi connectivity index (χ2n) is 5.04. The van der Waals surface area contributed by atoms with Crippen LogP contribution in [0.5, 0.6) is 5.75 Å². The van der Waals surface area contributed by atoms with Crippen molar-refractivity contribution in [3.8, 4) is 5.75 Å². The van der Waals surface area contributed by atoms with E-state index in [0.29, 0.717) is 12.4 Å². The maximum atomic E-state index is 11.6. The van der Waals surface area contributed by atoms with Gasteiger partial charge in [-0.25, -0.2) is 13.1 Å². The van der Waals surface area contributed by atoms with Gasteiger partial charge in [0, 0.05) is 0 Å². The van der Waals surface area contributed by atoms with Crippen molar-refractivity contribution in [3.05, 3.63) is 24.3 Å². The molecule has 0 bridgehead atoms. The summed E-state index contributed by atoms with van der Waals surface area (Å²) in [7, 11) is -2.00. The van der Waals surface area contributed by atoms with E-state index in [1.165, 1.54) is 19.2 Å². The van der Waals surface area contributed by atoms with Crippen molar-refractivity contribution < 1.29 is 13.2 Å². The lowest BCUT2D eigenvalue weighted by Crippen LogP contribution is -2.42. The Morgan fingerprint density at radius 2 is 1.84 bits per heavy atom. The van der Waals surface area contributed by atoms with Crippen LogP contribution in [0.2, 0.25) is 0 Å². The van der Waals surface area contributed by atoms with E-state index >= 15 is 0 Å². The average molecular weight is 284 g/mol. The molecule has 1 aromatic carbocycles. The van der Waals surface area contributed by atoms with Gasteiger partial charge < -0.3 is 10.5 Å². The van der Waals surface area contributed by atoms with Crippen LogP contribution in [0, 0.1) is 0 Å². The van der Waals surface area contributed by atoms with Gasteiger partial charge in [0.1, 0.15) is 12.4 Å². The lowest BCUT2D eigenvalue weighted by Gasteiger charge is -2.23. The molecule has 106 valence electrons. The monoisotopic (exact) mass is 284 g/mol. The van der Waals surface area contributed by atoms with Crippen molar-refractivity contribution in [2.24, 2.45) is 5.73 Å². The van der Waals surface area contributed by atoms with Crippen LogP contribution in [0.1, 0.15) is 25.7 Å². The Labute approximate surface area is 114 Å². The Morgan fingerprint density at radius 1 is 1.26 bits per heavy atom. The molecule has 6 heteroatoms. The van der Waals surface area contributed by atoms with E-state index < -0.39 is 10.0 Å². The molecule has 19 heavy (non-hydrogen) atoms. The number of hydrogen-bond acceptors (Lipinski definition) is 4. The van der Waals surface area contributed by atoms with Gasteiger partial charge in [0.25, 0.3) is 0 Å². The average Bonchev–Trinajstić information content (AvgIpc) is 2.84. The molecule has 1 fully saturated rings. The number of rotatable bonds is 5. The second-order valence-corrected chi connectivity index (χ2v) is 6.92. The molecule has 0 atom stereocenters. The van der Waals surface area contributed by atoms with Crippen LogP contribution >= 0.6 is 0 Å². The summed E-state index contributed by atoms with van der Waals surface area (Å²) in [6.07, 6.45) is 4.27. The number of benzene rings is 1. The fourth-order valence-electron chi connectivity index (χ4n) is 2.28. The van der Waals surface area contributed by atoms with Gasteiger partial charge in [-0.15, -0.1) is 0 Å². The highest BCUT2D eigenvalue weighted by molar-refractivity contribution is 7.89. The molecule has 0 spiro atoms. The van der Waals surface area contributed by atoms with E-state index in [2.05, 4.69) is 4.72 Å². The lowest BCUT2D eigenvalue weighted by atomic mass is 10.0. The fourth-order valence-corrected chi connectivity index (χ4v) is 3.01. The van der Waals surface area contributed by atoms with Crippen molar-refractivity contribution in [2.45, 2.75) is 36.1 Å². The Balaban J connectivity index is 1.99. The third-order valence-corrected chi connectivity index (χ3v) is 4.96. The largest absolute Gasteiger partial charge is 0.492 e. The standard InChI is InChI=1S/C13H20N2O3S/c1-15-19(16,17)12-6-4-11(5-7-12)18-10-13(14)8-2-3-9-13/h4-7,15H,2-3,8-10,14H2,1H3. The van der Waals surface area contributed by atoms with Crippen LogP contribution in [-0.4, -0.2) is 27.6 Å². The first-order valence-corrected chi connectivity index (χ1v) is 7.89. The number of hydrogen-bond donors (Lipinski definition) is 2. The first-order chi connectivity index (χ1) is 8.95. The van der Waals surface area contributed by atoms with E-state index in [1.54, 1.807) is 12.1 Å². The zero-order valence-corrected chi connectivity index (χ0v) is 11.9. The number of sulfonamides is 1. The maximum absolute atomic E-state index is 11.6. The van der Waals surface area contributed by atoms with Crippen molar-refractivity contribution in [1.29, 1.82) is 0 Å². The van der Waals surface area contributed by atoms with Crippen LogP contribution in [0.4, 0.5) is 0 Å². The highest BCUT2D eigenvalue weighted by atomic mass is 32.2. The smallest absolute Gasteiger partial charge is 0.240 e. The molecular weight excluding hydrogens is 264 g/mol. The third kappa shape index (κ3) is 3.46. The van der Waals surface area contributed by atoms with Gasteiger partial charge >= 0.3 is 0 Å². The molecule has 0 amide bonds. The molecule has 1 aliphatic rings. The van der Waals surface area contributed by atoms with Gasteiger partial charge in [-0.1, -0.05) is 12.8 Å². The Kier molecular flexibility index (Phi) is 4.13. The normalized spacial score (nSPS) is 18.4. The predicted octanol–water partition coefficient (Wildman–Crippen LogP) is 1.24. The highest BCUT2D eigenvalue weighted by Crippen LogP contribution is 2.28. The number of ether oxygens (including phenoxy) is 1. The van der Waals surface area contributed by atoms with Crippen LogP contribution < -0.4 is 15.2 Å². The molecular formula is C13H20N2O3S. The zero-order chi connectivity index (χ0) is 13.9. The Hall–Kier alpha value is -1.11. The molecule has 0 aromatic heterocycles. The summed E-state index contributed by atoms with van der Waals surface area (Å²) >= 11 is 0. The Morgan fingerprint density at radius 3 is 2.37 bits per heavy atom. The van der Waals surface area contributed by atoms with Gasteiger partial charge in [0.05, 0.1) is 10.4 Å². The molecule has 5 nitrogen and oxygen atoms in total. The molecule has 0 unspecified atom stereocenters. The predicted molar refractivity (Wildman–Crippen MR) is 73.6 cm³/mol. The quantitative estimate of drug-likeness (QED) is 0.852. The molecule has 1 aliphatic carbocycles. The SMILES string of the molecule is CNS(=O)(=O)c1ccc(OCC2(N)CCCC2)cc1. The van der Waals surface area contributed by atoms with E-state index in [9.17, 15) is 8.42 Å². The highest BCUT2D eigenvalue weighted by Gasteiger charge is 2.30. The minimum Gasteiger partial charge on any atom is -0.492 e. The molecule has 0 aliphatic heterocycles. The first-order valence-electron chi connectivity index (χ1n) is 6.41. The summed E-state index contributed by atoms with van der Waals surface area (Å²) in [5.74, 6) is 0.645. The van der Waals surface area contributed by atoms with Crippen molar-refractivity contribution in [1.82, 2.24) is 4.72 Å². The van der Waals surface area contributed by atoms with Crippen molar-refractivity contribution in [3.63, 3.8) is 0 Å². The van der Waals surface area contributed by atoms with Gasteiger partial charge in [-0.2, -0.15) is 0 Å². The van der Waals surface area contributed by atoms with Crippen molar-refractivity contribution in [2.75, 3.05) is 13.7 Å². The summed E-state index contributed by atoms with van der Waals surface area (Å²) in [5.41, 5.74) is 5.97. The van der Waals surface area contributed by atoms with Crippen LogP contribution in [0.15, 0.2) is 29.2 Å². The summed E-state index contributed by atoms with van der Waals surface area (Å²) < 4.78 is 31.0. The van der Waals surface area contributed by atoms with E-state index in [0.717, 1.165) is 25.7 Å². The second kappa shape index (κ2) is 5.48. The fraction of sp³-hybridized carbons (Fsp3) is 0.538. The van der Waals surface area contributed by atoms with E-state index in [1.807, 2.05) is 0 Å². The van der Waals surface area contributed by atoms with E-state index in [4.69, 9.17) is 10.5 Å². The number of nitrogens with two attached hydrogens (primary N) is 1. The summed E-state index contributed by atoms with van der Waals surface area (Å²) in [6.45, 7) is 0.477. The molecule has 0 saturated heterocycles. The van der Waals surface area contributed by atoms with Gasteiger partial charge in [0.2, 0.25) is 10.0 Å². The summed E-state index contributed by atoms with van der Waals surface area (Å²) in [4.78, 5) is 0.227. The molecule has 2 rings (SSSR count). The number of nitrogens with one attached hydrogen (secondary N) is 1. The molecule has 1 saturated carbocycles. The summed E-state index contributed by atoms with van der Waals surface area (Å²) in [5, 5.41) is 0. The summed E-state index contributed by atoms with van der Waals surface area (Å²) in [6, 6.07) is 6.36. The molecule has 0 heterocycles.